The number of allylic oxidation sites excluding steroid dienone is 1. The Labute approximate surface area is 124 Å². The molecule has 0 fully saturated rings. The zero-order chi connectivity index (χ0) is 14.7. The lowest BCUT2D eigenvalue weighted by Gasteiger charge is -2.13. The fourth-order valence-corrected chi connectivity index (χ4v) is 2.46. The smallest absolute Gasteiger partial charge is 0.339 e. The first kappa shape index (κ1) is 13.4. The van der Waals surface area contributed by atoms with E-state index in [4.69, 9.17) is 4.74 Å². The summed E-state index contributed by atoms with van der Waals surface area (Å²) in [6, 6.07) is 15.4. The molecule has 0 aliphatic heterocycles. The van der Waals surface area contributed by atoms with Crippen LogP contribution in [0.2, 0.25) is 0 Å². The van der Waals surface area contributed by atoms with Crippen LogP contribution in [0, 0.1) is 0 Å². The molecule has 2 aromatic rings. The minimum atomic E-state index is -0.298. The number of hydrogen-bond acceptors (Lipinski definition) is 2. The van der Waals surface area contributed by atoms with Crippen molar-refractivity contribution in [3.63, 3.8) is 0 Å². The van der Waals surface area contributed by atoms with Gasteiger partial charge in [-0.1, -0.05) is 54.6 Å². The summed E-state index contributed by atoms with van der Waals surface area (Å²) in [5.74, 6) is -0.298. The number of benzene rings is 2. The second kappa shape index (κ2) is 5.80. The van der Waals surface area contributed by atoms with Crippen LogP contribution < -0.4 is 0 Å². The number of hydrogen-bond donors (Lipinski definition) is 0. The van der Waals surface area contributed by atoms with Crippen molar-refractivity contribution >= 4 is 18.1 Å². The van der Waals surface area contributed by atoms with E-state index in [1.165, 1.54) is 0 Å². The second-order valence-electron chi connectivity index (χ2n) is 4.94. The fourth-order valence-electron chi connectivity index (χ4n) is 2.46. The average molecular weight is 276 g/mol. The van der Waals surface area contributed by atoms with E-state index in [0.717, 1.165) is 16.7 Å². The summed E-state index contributed by atoms with van der Waals surface area (Å²) in [7, 11) is 0. The standard InChI is InChI=1S/C19H16O2/c1-2-6-14-7-5-9-16(13-14)19(20)21-18-12-11-15-8-3-4-10-17(15)18/h2-13,18H,1H3/b6-2+. The monoisotopic (exact) mass is 276 g/mol. The van der Waals surface area contributed by atoms with Crippen molar-refractivity contribution in [1.29, 1.82) is 0 Å². The molecule has 1 aliphatic rings. The lowest BCUT2D eigenvalue weighted by Crippen LogP contribution is -2.09. The van der Waals surface area contributed by atoms with E-state index in [9.17, 15) is 4.79 Å². The van der Waals surface area contributed by atoms with Crippen molar-refractivity contribution in [1.82, 2.24) is 0 Å². The van der Waals surface area contributed by atoms with Crippen LogP contribution in [0.25, 0.3) is 12.2 Å². The largest absolute Gasteiger partial charge is 0.450 e. The van der Waals surface area contributed by atoms with Crippen molar-refractivity contribution < 1.29 is 9.53 Å². The van der Waals surface area contributed by atoms with Crippen LogP contribution in [0.1, 0.15) is 40.1 Å². The maximum absolute atomic E-state index is 12.3. The van der Waals surface area contributed by atoms with Crippen LogP contribution in [-0.2, 0) is 4.74 Å². The Balaban J connectivity index is 1.79. The van der Waals surface area contributed by atoms with Gasteiger partial charge in [-0.15, -0.1) is 0 Å². The molecular weight excluding hydrogens is 260 g/mol. The maximum atomic E-state index is 12.3. The lowest BCUT2D eigenvalue weighted by atomic mass is 10.1. The fraction of sp³-hybridized carbons (Fsp3) is 0.105. The van der Waals surface area contributed by atoms with Gasteiger partial charge in [0.05, 0.1) is 5.56 Å². The van der Waals surface area contributed by atoms with Crippen LogP contribution in [0.4, 0.5) is 0 Å². The minimum Gasteiger partial charge on any atom is -0.450 e. The summed E-state index contributed by atoms with van der Waals surface area (Å²) in [4.78, 5) is 12.3. The van der Waals surface area contributed by atoms with Gasteiger partial charge < -0.3 is 4.74 Å². The predicted molar refractivity (Wildman–Crippen MR) is 84.8 cm³/mol. The normalized spacial score (nSPS) is 16.1. The van der Waals surface area contributed by atoms with Crippen LogP contribution in [0.15, 0.2) is 60.7 Å². The van der Waals surface area contributed by atoms with Gasteiger partial charge in [0.15, 0.2) is 0 Å². The van der Waals surface area contributed by atoms with Crippen LogP contribution in [0.3, 0.4) is 0 Å². The van der Waals surface area contributed by atoms with Crippen molar-refractivity contribution in [2.45, 2.75) is 13.0 Å². The molecule has 2 aromatic carbocycles. The van der Waals surface area contributed by atoms with Crippen molar-refractivity contribution in [2.24, 2.45) is 0 Å². The Hall–Kier alpha value is -2.61. The molecule has 0 saturated heterocycles. The third kappa shape index (κ3) is 2.79. The molecule has 104 valence electrons. The molecule has 21 heavy (non-hydrogen) atoms. The highest BCUT2D eigenvalue weighted by molar-refractivity contribution is 5.90. The topological polar surface area (TPSA) is 26.3 Å². The molecule has 0 saturated carbocycles. The molecule has 0 N–H and O–H groups in total. The van der Waals surface area contributed by atoms with Gasteiger partial charge in [0.2, 0.25) is 0 Å². The molecule has 3 rings (SSSR count). The molecule has 1 unspecified atom stereocenters. The highest BCUT2D eigenvalue weighted by Crippen LogP contribution is 2.31. The van der Waals surface area contributed by atoms with Gasteiger partial charge in [-0.25, -0.2) is 4.79 Å². The molecule has 0 heterocycles. The quantitative estimate of drug-likeness (QED) is 0.763. The molecule has 0 bridgehead atoms. The number of rotatable bonds is 3. The van der Waals surface area contributed by atoms with E-state index in [1.54, 1.807) is 6.07 Å². The first-order valence-electron chi connectivity index (χ1n) is 6.99. The second-order valence-corrected chi connectivity index (χ2v) is 4.94. The Morgan fingerprint density at radius 2 is 2.00 bits per heavy atom. The minimum absolute atomic E-state index is 0.293. The van der Waals surface area contributed by atoms with Crippen LogP contribution in [0.5, 0.6) is 0 Å². The lowest BCUT2D eigenvalue weighted by molar-refractivity contribution is 0.0397. The summed E-state index contributed by atoms with van der Waals surface area (Å²) in [6.07, 6.45) is 7.52. The summed E-state index contributed by atoms with van der Waals surface area (Å²) >= 11 is 0. The van der Waals surface area contributed by atoms with E-state index in [1.807, 2.05) is 73.7 Å². The van der Waals surface area contributed by atoms with Gasteiger partial charge in [0.1, 0.15) is 6.10 Å². The molecule has 0 aromatic heterocycles. The SMILES string of the molecule is C/C=C/c1cccc(C(=O)OC2C=Cc3ccccc32)c1. The number of esters is 1. The Kier molecular flexibility index (Phi) is 3.69. The van der Waals surface area contributed by atoms with E-state index >= 15 is 0 Å². The van der Waals surface area contributed by atoms with Crippen molar-refractivity contribution in [2.75, 3.05) is 0 Å². The zero-order valence-corrected chi connectivity index (χ0v) is 11.8. The predicted octanol–water partition coefficient (Wildman–Crippen LogP) is 4.64. The molecule has 0 amide bonds. The summed E-state index contributed by atoms with van der Waals surface area (Å²) in [5.41, 5.74) is 3.71. The van der Waals surface area contributed by atoms with Gasteiger partial charge in [-0.3, -0.25) is 0 Å². The average Bonchev–Trinajstić information content (AvgIpc) is 2.91. The molecule has 1 atom stereocenters. The Morgan fingerprint density at radius 3 is 2.86 bits per heavy atom. The Morgan fingerprint density at radius 1 is 1.14 bits per heavy atom. The maximum Gasteiger partial charge on any atom is 0.339 e. The van der Waals surface area contributed by atoms with Crippen molar-refractivity contribution in [3.05, 3.63) is 82.9 Å². The summed E-state index contributed by atoms with van der Waals surface area (Å²) in [5, 5.41) is 0. The highest BCUT2D eigenvalue weighted by Gasteiger charge is 2.21. The summed E-state index contributed by atoms with van der Waals surface area (Å²) < 4.78 is 5.61. The van der Waals surface area contributed by atoms with E-state index in [-0.39, 0.29) is 12.1 Å². The van der Waals surface area contributed by atoms with E-state index < -0.39 is 0 Å². The van der Waals surface area contributed by atoms with Gasteiger partial charge in [-0.2, -0.15) is 0 Å². The zero-order valence-electron chi connectivity index (χ0n) is 11.8. The first-order chi connectivity index (χ1) is 10.3. The van der Waals surface area contributed by atoms with Gasteiger partial charge >= 0.3 is 5.97 Å². The van der Waals surface area contributed by atoms with Gasteiger partial charge in [0.25, 0.3) is 0 Å². The molecule has 2 heteroatoms. The third-order valence-corrected chi connectivity index (χ3v) is 3.47. The number of fused-ring (bicyclic) bond motifs is 1. The van der Waals surface area contributed by atoms with E-state index in [2.05, 4.69) is 0 Å². The summed E-state index contributed by atoms with van der Waals surface area (Å²) in [6.45, 7) is 1.95. The number of carbonyl (C=O) groups is 1. The van der Waals surface area contributed by atoms with Crippen molar-refractivity contribution in [3.8, 4) is 0 Å². The van der Waals surface area contributed by atoms with Crippen LogP contribution >= 0.6 is 0 Å². The number of carbonyl (C=O) groups excluding carboxylic acids is 1. The molecular formula is C19H16O2. The molecule has 1 aliphatic carbocycles. The Bertz CT molecular complexity index is 726. The van der Waals surface area contributed by atoms with Gasteiger partial charge in [0, 0.05) is 5.56 Å². The molecule has 2 nitrogen and oxygen atoms in total. The van der Waals surface area contributed by atoms with Gasteiger partial charge in [-0.05, 0) is 36.3 Å². The molecule has 0 radical (unpaired) electrons. The number of ether oxygens (including phenoxy) is 1. The highest BCUT2D eigenvalue weighted by atomic mass is 16.5. The van der Waals surface area contributed by atoms with E-state index in [0.29, 0.717) is 5.56 Å². The first-order valence-corrected chi connectivity index (χ1v) is 6.99. The third-order valence-electron chi connectivity index (χ3n) is 3.47. The molecule has 0 spiro atoms. The van der Waals surface area contributed by atoms with Crippen LogP contribution in [-0.4, -0.2) is 5.97 Å².